The number of hydrogen-bond donors (Lipinski definition) is 0. The molecule has 3 aromatic rings. The van der Waals surface area contributed by atoms with Crippen LogP contribution in [0.3, 0.4) is 0 Å². The predicted molar refractivity (Wildman–Crippen MR) is 145 cm³/mol. The van der Waals surface area contributed by atoms with Gasteiger partial charge in [-0.15, -0.1) is 0 Å². The molecule has 182 valence electrons. The average Bonchev–Trinajstić information content (AvgIpc) is 3.35. The molecule has 0 atom stereocenters. The van der Waals surface area contributed by atoms with Gasteiger partial charge in [-0.3, -0.25) is 0 Å². The monoisotopic (exact) mass is 458 g/mol. The van der Waals surface area contributed by atoms with E-state index in [9.17, 15) is 0 Å². The molecule has 34 heavy (non-hydrogen) atoms. The van der Waals surface area contributed by atoms with Gasteiger partial charge in [-0.1, -0.05) is 131 Å². The molecule has 0 aliphatic rings. The van der Waals surface area contributed by atoms with Crippen LogP contribution in [0.2, 0.25) is 0 Å². The summed E-state index contributed by atoms with van der Waals surface area (Å²) < 4.78 is 5.40. The van der Waals surface area contributed by atoms with Crippen molar-refractivity contribution in [2.24, 2.45) is 0 Å². The van der Waals surface area contributed by atoms with Crippen molar-refractivity contribution in [1.29, 1.82) is 0 Å². The first-order valence-corrected chi connectivity index (χ1v) is 13.5. The van der Waals surface area contributed by atoms with Crippen LogP contribution in [-0.2, 0) is 6.42 Å². The van der Waals surface area contributed by atoms with Gasteiger partial charge in [0.15, 0.2) is 0 Å². The van der Waals surface area contributed by atoms with E-state index in [1.165, 1.54) is 93.7 Å². The first kappa shape index (κ1) is 25.9. The molecule has 3 heteroatoms. The number of nitrogens with zero attached hydrogens (tertiary/aromatic N) is 2. The number of allylic oxidation sites excluding steroid dienone is 1. The summed E-state index contributed by atoms with van der Waals surface area (Å²) in [5, 5.41) is 4.15. The predicted octanol–water partition coefficient (Wildman–Crippen LogP) is 9.68. The van der Waals surface area contributed by atoms with Crippen LogP contribution in [0.1, 0.15) is 102 Å². The summed E-state index contributed by atoms with van der Waals surface area (Å²) in [5.41, 5.74) is 4.87. The lowest BCUT2D eigenvalue weighted by Gasteiger charge is -2.06. The average molecular weight is 459 g/mol. The summed E-state index contributed by atoms with van der Waals surface area (Å²) in [7, 11) is 0. The third kappa shape index (κ3) is 8.93. The summed E-state index contributed by atoms with van der Waals surface area (Å²) in [6.07, 6.45) is 20.9. The molecular formula is C31H42N2O. The molecule has 0 N–H and O–H groups in total. The van der Waals surface area contributed by atoms with Crippen LogP contribution in [0.25, 0.3) is 28.6 Å². The first-order valence-electron chi connectivity index (χ1n) is 13.5. The molecule has 3 nitrogen and oxygen atoms in total. The van der Waals surface area contributed by atoms with Gasteiger partial charge in [0.25, 0.3) is 5.89 Å². The highest BCUT2D eigenvalue weighted by Crippen LogP contribution is 2.24. The fourth-order valence-corrected chi connectivity index (χ4v) is 4.26. The fraction of sp³-hybridized carbons (Fsp3) is 0.484. The quantitative estimate of drug-likeness (QED) is 0.200. The number of aromatic nitrogens is 2. The number of rotatable bonds is 16. The van der Waals surface area contributed by atoms with Gasteiger partial charge in [0.1, 0.15) is 0 Å². The minimum Gasteiger partial charge on any atom is -0.334 e. The van der Waals surface area contributed by atoms with Crippen molar-refractivity contribution < 1.29 is 4.52 Å². The summed E-state index contributed by atoms with van der Waals surface area (Å²) in [6, 6.07) is 17.5. The van der Waals surface area contributed by atoms with E-state index in [0.717, 1.165) is 12.0 Å². The van der Waals surface area contributed by atoms with Gasteiger partial charge in [0, 0.05) is 5.56 Å². The van der Waals surface area contributed by atoms with E-state index in [-0.39, 0.29) is 0 Å². The number of aryl methyl sites for hydroxylation is 1. The molecule has 1 aromatic heterocycles. The Hall–Kier alpha value is -2.68. The molecular weight excluding hydrogens is 416 g/mol. The third-order valence-corrected chi connectivity index (χ3v) is 6.43. The van der Waals surface area contributed by atoms with E-state index in [2.05, 4.69) is 78.6 Å². The largest absolute Gasteiger partial charge is 0.334 e. The van der Waals surface area contributed by atoms with Gasteiger partial charge in [-0.05, 0) is 48.4 Å². The van der Waals surface area contributed by atoms with E-state index in [4.69, 9.17) is 4.52 Å². The zero-order valence-corrected chi connectivity index (χ0v) is 21.3. The smallest absolute Gasteiger partial charge is 0.250 e. The second kappa shape index (κ2) is 15.3. The highest BCUT2D eigenvalue weighted by Gasteiger charge is 2.07. The van der Waals surface area contributed by atoms with Crippen molar-refractivity contribution >= 4 is 6.08 Å². The number of unbranched alkanes of at least 4 members (excludes halogenated alkanes) is 10. The molecule has 0 aliphatic carbocycles. The molecule has 1 heterocycles. The molecule has 0 amide bonds. The fourth-order valence-electron chi connectivity index (χ4n) is 4.26. The lowest BCUT2D eigenvalue weighted by Crippen LogP contribution is -1.87. The number of hydrogen-bond acceptors (Lipinski definition) is 3. The van der Waals surface area contributed by atoms with Gasteiger partial charge in [0.05, 0.1) is 0 Å². The lowest BCUT2D eigenvalue weighted by atomic mass is 10.00. The molecule has 0 fully saturated rings. The van der Waals surface area contributed by atoms with Crippen molar-refractivity contribution in [3.8, 4) is 22.5 Å². The Morgan fingerprint density at radius 1 is 0.647 bits per heavy atom. The summed E-state index contributed by atoms with van der Waals surface area (Å²) in [4.78, 5) is 4.53. The van der Waals surface area contributed by atoms with Crippen LogP contribution < -0.4 is 0 Å². The van der Waals surface area contributed by atoms with Crippen LogP contribution in [0.4, 0.5) is 0 Å². The summed E-state index contributed by atoms with van der Waals surface area (Å²) in [5.74, 6) is 1.22. The van der Waals surface area contributed by atoms with Crippen LogP contribution >= 0.6 is 0 Å². The Labute approximate surface area is 206 Å². The van der Waals surface area contributed by atoms with Gasteiger partial charge in [-0.2, -0.15) is 4.98 Å². The number of benzene rings is 2. The van der Waals surface area contributed by atoms with E-state index in [1.54, 1.807) is 0 Å². The maximum Gasteiger partial charge on any atom is 0.250 e. The van der Waals surface area contributed by atoms with Crippen LogP contribution in [0.15, 0.2) is 59.1 Å². The van der Waals surface area contributed by atoms with Crippen molar-refractivity contribution in [2.75, 3.05) is 0 Å². The maximum atomic E-state index is 5.40. The second-order valence-electron chi connectivity index (χ2n) is 9.35. The van der Waals surface area contributed by atoms with Gasteiger partial charge >= 0.3 is 0 Å². The molecule has 0 spiro atoms. The van der Waals surface area contributed by atoms with Crippen LogP contribution in [0.5, 0.6) is 0 Å². The second-order valence-corrected chi connectivity index (χ2v) is 9.35. The van der Waals surface area contributed by atoms with Gasteiger partial charge in [0.2, 0.25) is 5.82 Å². The normalized spacial score (nSPS) is 11.5. The molecule has 0 aliphatic heterocycles. The summed E-state index contributed by atoms with van der Waals surface area (Å²) in [6.45, 7) is 4.52. The van der Waals surface area contributed by atoms with E-state index in [0.29, 0.717) is 11.7 Å². The van der Waals surface area contributed by atoms with Crippen molar-refractivity contribution in [3.05, 3.63) is 66.1 Å². The minimum atomic E-state index is 0.577. The standard InChI is InChI=1S/C31H42N2O/c1-3-5-7-9-11-13-15-17-30-32-31(33-34-30)29-24-22-28(23-25-29)27-20-18-26(19-21-27)16-14-12-10-8-6-4-2/h15,17-25H,3-14,16H2,1-2H3. The Kier molecular flexibility index (Phi) is 11.6. The molecule has 2 aromatic carbocycles. The van der Waals surface area contributed by atoms with Crippen LogP contribution in [0, 0.1) is 0 Å². The molecule has 0 saturated heterocycles. The highest BCUT2D eigenvalue weighted by molar-refractivity contribution is 5.68. The van der Waals surface area contributed by atoms with Crippen molar-refractivity contribution in [3.63, 3.8) is 0 Å². The van der Waals surface area contributed by atoms with E-state index < -0.39 is 0 Å². The molecule has 0 unspecified atom stereocenters. The van der Waals surface area contributed by atoms with Crippen molar-refractivity contribution in [1.82, 2.24) is 10.1 Å². The highest BCUT2D eigenvalue weighted by atomic mass is 16.5. The third-order valence-electron chi connectivity index (χ3n) is 6.43. The minimum absolute atomic E-state index is 0.577. The molecule has 0 saturated carbocycles. The maximum absolute atomic E-state index is 5.40. The zero-order chi connectivity index (χ0) is 23.8. The summed E-state index contributed by atoms with van der Waals surface area (Å²) >= 11 is 0. The Balaban J connectivity index is 1.46. The lowest BCUT2D eigenvalue weighted by molar-refractivity contribution is 0.411. The Morgan fingerprint density at radius 3 is 1.88 bits per heavy atom. The zero-order valence-electron chi connectivity index (χ0n) is 21.3. The van der Waals surface area contributed by atoms with E-state index in [1.807, 2.05) is 6.08 Å². The Morgan fingerprint density at radius 2 is 1.21 bits per heavy atom. The van der Waals surface area contributed by atoms with Gasteiger partial charge in [-0.25, -0.2) is 0 Å². The molecule has 0 bridgehead atoms. The van der Waals surface area contributed by atoms with E-state index >= 15 is 0 Å². The van der Waals surface area contributed by atoms with Gasteiger partial charge < -0.3 is 4.52 Å². The molecule has 3 rings (SSSR count). The Bertz CT molecular complexity index is 954. The first-order chi connectivity index (χ1) is 16.8. The van der Waals surface area contributed by atoms with Crippen molar-refractivity contribution in [2.45, 2.75) is 97.3 Å². The van der Waals surface area contributed by atoms with Crippen LogP contribution in [-0.4, -0.2) is 10.1 Å². The molecule has 0 radical (unpaired) electrons. The topological polar surface area (TPSA) is 38.9 Å². The SMILES string of the molecule is CCCCCCCC=Cc1nc(-c2ccc(-c3ccc(CCCCCCCC)cc3)cc2)no1.